The van der Waals surface area contributed by atoms with Gasteiger partial charge in [0.1, 0.15) is 23.5 Å². The molecule has 21 heavy (non-hydrogen) atoms. The maximum absolute atomic E-state index is 13.6. The van der Waals surface area contributed by atoms with Crippen molar-refractivity contribution in [2.24, 2.45) is 0 Å². The summed E-state index contributed by atoms with van der Waals surface area (Å²) in [5.41, 5.74) is -0.0996. The molecule has 2 unspecified atom stereocenters. The lowest BCUT2D eigenvalue weighted by atomic mass is 10.0. The van der Waals surface area contributed by atoms with Crippen LogP contribution in [-0.4, -0.2) is 23.1 Å². The molecule has 0 aliphatic carbocycles. The summed E-state index contributed by atoms with van der Waals surface area (Å²) < 4.78 is 33.0. The van der Waals surface area contributed by atoms with Gasteiger partial charge >= 0.3 is 0 Å². The number of halogens is 2. The summed E-state index contributed by atoms with van der Waals surface area (Å²) in [4.78, 5) is 1.01. The van der Waals surface area contributed by atoms with Gasteiger partial charge in [0.05, 0.1) is 6.10 Å². The van der Waals surface area contributed by atoms with E-state index in [2.05, 4.69) is 0 Å². The number of hydrogen-bond acceptors (Lipinski definition) is 3. The fourth-order valence-electron chi connectivity index (χ4n) is 2.29. The molecular formula is C16H14F2O2S. The van der Waals surface area contributed by atoms with Crippen LogP contribution in [0.2, 0.25) is 0 Å². The Morgan fingerprint density at radius 1 is 1.14 bits per heavy atom. The Balaban J connectivity index is 1.74. The van der Waals surface area contributed by atoms with E-state index in [0.717, 1.165) is 4.90 Å². The van der Waals surface area contributed by atoms with E-state index in [1.54, 1.807) is 11.8 Å². The molecular weight excluding hydrogens is 294 g/mol. The van der Waals surface area contributed by atoms with Crippen molar-refractivity contribution in [1.29, 1.82) is 0 Å². The van der Waals surface area contributed by atoms with E-state index in [0.29, 0.717) is 11.5 Å². The minimum atomic E-state index is -0.961. The van der Waals surface area contributed by atoms with Gasteiger partial charge in [0.15, 0.2) is 0 Å². The van der Waals surface area contributed by atoms with Crippen molar-refractivity contribution >= 4 is 11.8 Å². The molecule has 0 amide bonds. The Labute approximate surface area is 125 Å². The van der Waals surface area contributed by atoms with Gasteiger partial charge in [0.2, 0.25) is 0 Å². The zero-order valence-corrected chi connectivity index (χ0v) is 11.9. The molecule has 1 aliphatic heterocycles. The second kappa shape index (κ2) is 6.03. The highest BCUT2D eigenvalue weighted by atomic mass is 32.2. The SMILES string of the molecule is OC(Cc1c(F)cccc1F)C1CSc2ccccc2O1. The fraction of sp³-hybridized carbons (Fsp3) is 0.250. The summed E-state index contributed by atoms with van der Waals surface area (Å²) in [6, 6.07) is 11.2. The maximum atomic E-state index is 13.6. The molecule has 2 aromatic rings. The summed E-state index contributed by atoms with van der Waals surface area (Å²) >= 11 is 1.57. The van der Waals surface area contributed by atoms with Gasteiger partial charge in [-0.1, -0.05) is 18.2 Å². The molecule has 2 atom stereocenters. The highest BCUT2D eigenvalue weighted by Gasteiger charge is 2.28. The molecule has 0 fully saturated rings. The fourth-order valence-corrected chi connectivity index (χ4v) is 3.36. The van der Waals surface area contributed by atoms with Crippen LogP contribution in [0.5, 0.6) is 5.75 Å². The van der Waals surface area contributed by atoms with Crippen molar-refractivity contribution in [3.05, 3.63) is 59.7 Å². The number of aliphatic hydroxyl groups excluding tert-OH is 1. The summed E-state index contributed by atoms with van der Waals surface area (Å²) in [6.07, 6.45) is -1.55. The van der Waals surface area contributed by atoms with Gasteiger partial charge in [-0.05, 0) is 24.3 Å². The summed E-state index contributed by atoms with van der Waals surface area (Å²) in [6.45, 7) is 0. The Morgan fingerprint density at radius 3 is 2.62 bits per heavy atom. The first kappa shape index (κ1) is 14.4. The lowest BCUT2D eigenvalue weighted by Crippen LogP contribution is -2.37. The minimum Gasteiger partial charge on any atom is -0.486 e. The van der Waals surface area contributed by atoms with Gasteiger partial charge in [0, 0.05) is 22.6 Å². The third-order valence-electron chi connectivity index (χ3n) is 3.43. The van der Waals surface area contributed by atoms with Crippen LogP contribution < -0.4 is 4.74 Å². The molecule has 5 heteroatoms. The second-order valence-electron chi connectivity index (χ2n) is 4.89. The van der Waals surface area contributed by atoms with Crippen LogP contribution in [0.15, 0.2) is 47.4 Å². The predicted molar refractivity (Wildman–Crippen MR) is 77.7 cm³/mol. The Morgan fingerprint density at radius 2 is 1.86 bits per heavy atom. The molecule has 1 aliphatic rings. The number of fused-ring (bicyclic) bond motifs is 1. The number of ether oxygens (including phenoxy) is 1. The third kappa shape index (κ3) is 3.04. The van der Waals surface area contributed by atoms with Crippen molar-refractivity contribution < 1.29 is 18.6 Å². The average Bonchev–Trinajstić information content (AvgIpc) is 2.50. The zero-order valence-electron chi connectivity index (χ0n) is 11.1. The molecule has 0 saturated carbocycles. The molecule has 110 valence electrons. The van der Waals surface area contributed by atoms with E-state index in [-0.39, 0.29) is 12.0 Å². The topological polar surface area (TPSA) is 29.5 Å². The molecule has 0 radical (unpaired) electrons. The lowest BCUT2D eigenvalue weighted by Gasteiger charge is -2.29. The maximum Gasteiger partial charge on any atom is 0.134 e. The van der Waals surface area contributed by atoms with E-state index in [1.807, 2.05) is 24.3 Å². The highest BCUT2D eigenvalue weighted by molar-refractivity contribution is 7.99. The zero-order chi connectivity index (χ0) is 14.8. The normalized spacial score (nSPS) is 18.7. The van der Waals surface area contributed by atoms with Gasteiger partial charge in [-0.25, -0.2) is 8.78 Å². The van der Waals surface area contributed by atoms with Gasteiger partial charge in [0.25, 0.3) is 0 Å². The smallest absolute Gasteiger partial charge is 0.134 e. The lowest BCUT2D eigenvalue weighted by molar-refractivity contribution is 0.0457. The van der Waals surface area contributed by atoms with Crippen LogP contribution >= 0.6 is 11.8 Å². The monoisotopic (exact) mass is 308 g/mol. The number of rotatable bonds is 3. The van der Waals surface area contributed by atoms with Gasteiger partial charge in [-0.3, -0.25) is 0 Å². The summed E-state index contributed by atoms with van der Waals surface area (Å²) in [5.74, 6) is -0.0310. The standard InChI is InChI=1S/C16H14F2O2S/c17-11-4-3-5-12(18)10(11)8-13(19)15-9-21-16-7-2-1-6-14(16)20-15/h1-7,13,15,19H,8-9H2. The molecule has 3 rings (SSSR count). The average molecular weight is 308 g/mol. The van der Waals surface area contributed by atoms with E-state index >= 15 is 0 Å². The molecule has 0 saturated heterocycles. The minimum absolute atomic E-state index is 0.0996. The summed E-state index contributed by atoms with van der Waals surface area (Å²) in [5, 5.41) is 10.2. The van der Waals surface area contributed by atoms with E-state index in [9.17, 15) is 13.9 Å². The number of hydrogen-bond donors (Lipinski definition) is 1. The van der Waals surface area contributed by atoms with Gasteiger partial charge in [-0.2, -0.15) is 0 Å². The van der Waals surface area contributed by atoms with Crippen LogP contribution in [0.4, 0.5) is 8.78 Å². The first-order valence-corrected chi connectivity index (χ1v) is 7.63. The second-order valence-corrected chi connectivity index (χ2v) is 5.95. The molecule has 1 N–H and O–H groups in total. The number of benzene rings is 2. The number of thioether (sulfide) groups is 1. The molecule has 2 nitrogen and oxygen atoms in total. The van der Waals surface area contributed by atoms with Crippen molar-refractivity contribution in [3.63, 3.8) is 0 Å². The molecule has 2 aromatic carbocycles. The largest absolute Gasteiger partial charge is 0.486 e. The third-order valence-corrected chi connectivity index (χ3v) is 4.58. The van der Waals surface area contributed by atoms with Gasteiger partial charge in [-0.15, -0.1) is 11.8 Å². The van der Waals surface area contributed by atoms with Crippen LogP contribution in [0.25, 0.3) is 0 Å². The van der Waals surface area contributed by atoms with Crippen molar-refractivity contribution in [3.8, 4) is 5.75 Å². The van der Waals surface area contributed by atoms with Crippen LogP contribution in [-0.2, 0) is 6.42 Å². The highest BCUT2D eigenvalue weighted by Crippen LogP contribution is 2.36. The number of para-hydroxylation sites is 1. The van der Waals surface area contributed by atoms with E-state index < -0.39 is 23.8 Å². The molecule has 0 spiro atoms. The van der Waals surface area contributed by atoms with E-state index in [1.165, 1.54) is 18.2 Å². The predicted octanol–water partition coefficient (Wildman–Crippen LogP) is 3.42. The molecule has 0 bridgehead atoms. The van der Waals surface area contributed by atoms with Crippen molar-refractivity contribution in [1.82, 2.24) is 0 Å². The molecule has 1 heterocycles. The van der Waals surface area contributed by atoms with Crippen molar-refractivity contribution in [2.75, 3.05) is 5.75 Å². The Bertz CT molecular complexity index is 628. The van der Waals surface area contributed by atoms with Crippen LogP contribution in [0.1, 0.15) is 5.56 Å². The Kier molecular flexibility index (Phi) is 4.12. The van der Waals surface area contributed by atoms with Crippen LogP contribution in [0.3, 0.4) is 0 Å². The van der Waals surface area contributed by atoms with Crippen molar-refractivity contribution in [2.45, 2.75) is 23.5 Å². The Hall–Kier alpha value is -1.59. The first-order valence-electron chi connectivity index (χ1n) is 6.64. The molecule has 0 aromatic heterocycles. The van der Waals surface area contributed by atoms with Crippen LogP contribution in [0, 0.1) is 11.6 Å². The first-order chi connectivity index (χ1) is 10.1. The van der Waals surface area contributed by atoms with Gasteiger partial charge < -0.3 is 9.84 Å². The number of aliphatic hydroxyl groups is 1. The van der Waals surface area contributed by atoms with E-state index in [4.69, 9.17) is 4.74 Å². The quantitative estimate of drug-likeness (QED) is 0.942. The summed E-state index contributed by atoms with van der Waals surface area (Å²) in [7, 11) is 0.